The average Bonchev–Trinajstić information content (AvgIpc) is 2.86. The van der Waals surface area contributed by atoms with E-state index in [0.29, 0.717) is 11.4 Å². The highest BCUT2D eigenvalue weighted by Crippen LogP contribution is 2.28. The lowest BCUT2D eigenvalue weighted by Gasteiger charge is -2.10. The van der Waals surface area contributed by atoms with Gasteiger partial charge in [0.1, 0.15) is 0 Å². The second-order valence-electron chi connectivity index (χ2n) is 4.71. The smallest absolute Gasteiger partial charge is 0.0834 e. The number of carboxylic acids is 1. The van der Waals surface area contributed by atoms with E-state index in [2.05, 4.69) is 5.10 Å². The summed E-state index contributed by atoms with van der Waals surface area (Å²) in [7, 11) is 0. The van der Waals surface area contributed by atoms with Gasteiger partial charge in [0.05, 0.1) is 23.0 Å². The molecule has 1 aromatic heterocycles. The second-order valence-corrected chi connectivity index (χ2v) is 4.71. The number of nitrogens with zero attached hydrogens (tertiary/aromatic N) is 2. The first-order chi connectivity index (χ1) is 10.2. The standard InChI is InChI=1S/C17H14N2O2/c1-12-15(17(20)21)16(13-8-4-2-5-9-13)19(18-12)14-10-6-3-7-11-14/h2-11H,1H3,(H,20,21)/p-1. The molecule has 0 amide bonds. The fourth-order valence-corrected chi connectivity index (χ4v) is 2.39. The molecule has 0 N–H and O–H groups in total. The molecule has 0 fully saturated rings. The number of hydrogen-bond donors (Lipinski definition) is 0. The number of carboxylic acid groups (broad SMARTS) is 1. The molecule has 0 saturated heterocycles. The van der Waals surface area contributed by atoms with Crippen molar-refractivity contribution in [2.24, 2.45) is 0 Å². The summed E-state index contributed by atoms with van der Waals surface area (Å²) in [5, 5.41) is 15.9. The third kappa shape index (κ3) is 2.31. The van der Waals surface area contributed by atoms with Gasteiger partial charge < -0.3 is 9.90 Å². The Morgan fingerprint density at radius 2 is 1.57 bits per heavy atom. The Labute approximate surface area is 122 Å². The molecule has 2 aromatic carbocycles. The first-order valence-corrected chi connectivity index (χ1v) is 6.60. The molecule has 0 aliphatic rings. The van der Waals surface area contributed by atoms with Crippen LogP contribution in [0.3, 0.4) is 0 Å². The van der Waals surface area contributed by atoms with Crippen LogP contribution in [0.5, 0.6) is 0 Å². The van der Waals surface area contributed by atoms with E-state index in [1.807, 2.05) is 60.7 Å². The van der Waals surface area contributed by atoms with Crippen molar-refractivity contribution in [1.29, 1.82) is 0 Å². The van der Waals surface area contributed by atoms with Crippen LogP contribution in [-0.2, 0) is 0 Å². The number of hydrogen-bond acceptors (Lipinski definition) is 3. The first kappa shape index (κ1) is 13.1. The van der Waals surface area contributed by atoms with Crippen LogP contribution in [-0.4, -0.2) is 15.7 Å². The number of para-hydroxylation sites is 1. The van der Waals surface area contributed by atoms with Gasteiger partial charge >= 0.3 is 0 Å². The molecule has 3 rings (SSSR count). The minimum Gasteiger partial charge on any atom is -0.545 e. The van der Waals surface area contributed by atoms with Crippen LogP contribution in [0, 0.1) is 6.92 Å². The Hall–Kier alpha value is -2.88. The summed E-state index contributed by atoms with van der Waals surface area (Å²) in [6, 6.07) is 18.8. The lowest BCUT2D eigenvalue weighted by Crippen LogP contribution is -2.23. The summed E-state index contributed by atoms with van der Waals surface area (Å²) in [5.74, 6) is -1.21. The summed E-state index contributed by atoms with van der Waals surface area (Å²) in [6.45, 7) is 1.68. The Bertz CT molecular complexity index is 777. The molecule has 4 nitrogen and oxygen atoms in total. The van der Waals surface area contributed by atoms with Gasteiger partial charge in [-0.15, -0.1) is 0 Å². The number of carbonyl (C=O) groups is 1. The van der Waals surface area contributed by atoms with Gasteiger partial charge in [0.25, 0.3) is 0 Å². The van der Waals surface area contributed by atoms with E-state index in [0.717, 1.165) is 11.3 Å². The number of aryl methyl sites for hydroxylation is 1. The zero-order valence-corrected chi connectivity index (χ0v) is 11.5. The molecule has 104 valence electrons. The first-order valence-electron chi connectivity index (χ1n) is 6.60. The lowest BCUT2D eigenvalue weighted by molar-refractivity contribution is -0.255. The van der Waals surface area contributed by atoms with Gasteiger partial charge in [-0.05, 0) is 19.1 Å². The number of rotatable bonds is 3. The Kier molecular flexibility index (Phi) is 3.28. The van der Waals surface area contributed by atoms with Gasteiger partial charge in [0, 0.05) is 11.1 Å². The van der Waals surface area contributed by atoms with Crippen molar-refractivity contribution in [3.63, 3.8) is 0 Å². The third-order valence-corrected chi connectivity index (χ3v) is 3.31. The second kappa shape index (κ2) is 5.25. The third-order valence-electron chi connectivity index (χ3n) is 3.31. The molecule has 21 heavy (non-hydrogen) atoms. The van der Waals surface area contributed by atoms with Crippen molar-refractivity contribution in [2.75, 3.05) is 0 Å². The molecule has 0 aliphatic heterocycles. The number of carbonyl (C=O) groups excluding carboxylic acids is 1. The maximum Gasteiger partial charge on any atom is 0.0834 e. The van der Waals surface area contributed by atoms with Gasteiger partial charge in [-0.2, -0.15) is 5.10 Å². The van der Waals surface area contributed by atoms with E-state index in [1.165, 1.54) is 0 Å². The zero-order valence-electron chi connectivity index (χ0n) is 11.5. The van der Waals surface area contributed by atoms with Crippen molar-refractivity contribution >= 4 is 5.97 Å². The van der Waals surface area contributed by atoms with Crippen molar-refractivity contribution < 1.29 is 9.90 Å². The van der Waals surface area contributed by atoms with Crippen LogP contribution >= 0.6 is 0 Å². The molecule has 1 heterocycles. The minimum atomic E-state index is -1.21. The largest absolute Gasteiger partial charge is 0.545 e. The fourth-order valence-electron chi connectivity index (χ4n) is 2.39. The van der Waals surface area contributed by atoms with Crippen LogP contribution in [0.25, 0.3) is 16.9 Å². The molecule has 0 bridgehead atoms. The van der Waals surface area contributed by atoms with Crippen LogP contribution in [0.2, 0.25) is 0 Å². The molecule has 0 spiro atoms. The van der Waals surface area contributed by atoms with Gasteiger partial charge in [0.2, 0.25) is 0 Å². The van der Waals surface area contributed by atoms with Gasteiger partial charge in [-0.3, -0.25) is 0 Å². The molecular weight excluding hydrogens is 264 g/mol. The predicted octanol–water partition coefficient (Wildman–Crippen LogP) is 2.21. The predicted molar refractivity (Wildman–Crippen MR) is 78.1 cm³/mol. The molecular formula is C17H13N2O2-. The van der Waals surface area contributed by atoms with Crippen molar-refractivity contribution in [3.05, 3.63) is 71.9 Å². The van der Waals surface area contributed by atoms with E-state index in [1.54, 1.807) is 11.6 Å². The van der Waals surface area contributed by atoms with Crippen molar-refractivity contribution in [3.8, 4) is 16.9 Å². The van der Waals surface area contributed by atoms with Crippen LogP contribution < -0.4 is 5.11 Å². The van der Waals surface area contributed by atoms with Gasteiger partial charge in [0.15, 0.2) is 0 Å². The van der Waals surface area contributed by atoms with E-state index in [9.17, 15) is 9.90 Å². The normalized spacial score (nSPS) is 10.5. The lowest BCUT2D eigenvalue weighted by atomic mass is 10.1. The number of aromatic carboxylic acids is 1. The topological polar surface area (TPSA) is 58.0 Å². The zero-order chi connectivity index (χ0) is 14.8. The quantitative estimate of drug-likeness (QED) is 0.737. The highest BCUT2D eigenvalue weighted by molar-refractivity contribution is 5.95. The fraction of sp³-hybridized carbons (Fsp3) is 0.0588. The number of benzene rings is 2. The molecule has 0 saturated carbocycles. The maximum atomic E-state index is 11.5. The summed E-state index contributed by atoms with van der Waals surface area (Å²) in [5.41, 5.74) is 2.72. The monoisotopic (exact) mass is 277 g/mol. The molecule has 0 aliphatic carbocycles. The Morgan fingerprint density at radius 3 is 2.14 bits per heavy atom. The highest BCUT2D eigenvalue weighted by atomic mass is 16.4. The average molecular weight is 277 g/mol. The Morgan fingerprint density at radius 1 is 1.00 bits per heavy atom. The summed E-state index contributed by atoms with van der Waals surface area (Å²) < 4.78 is 1.65. The van der Waals surface area contributed by atoms with Crippen LogP contribution in [0.1, 0.15) is 16.1 Å². The van der Waals surface area contributed by atoms with Crippen molar-refractivity contribution in [1.82, 2.24) is 9.78 Å². The molecule has 0 atom stereocenters. The van der Waals surface area contributed by atoms with Gasteiger partial charge in [-0.1, -0.05) is 48.5 Å². The van der Waals surface area contributed by atoms with Crippen LogP contribution in [0.4, 0.5) is 0 Å². The Balaban J connectivity index is 2.32. The molecule has 0 unspecified atom stereocenters. The van der Waals surface area contributed by atoms with E-state index >= 15 is 0 Å². The van der Waals surface area contributed by atoms with E-state index in [4.69, 9.17) is 0 Å². The minimum absolute atomic E-state index is 0.130. The van der Waals surface area contributed by atoms with Crippen molar-refractivity contribution in [2.45, 2.75) is 6.92 Å². The van der Waals surface area contributed by atoms with E-state index in [-0.39, 0.29) is 5.56 Å². The maximum absolute atomic E-state index is 11.5. The van der Waals surface area contributed by atoms with E-state index < -0.39 is 5.97 Å². The molecule has 4 heteroatoms. The highest BCUT2D eigenvalue weighted by Gasteiger charge is 2.18. The molecule has 0 radical (unpaired) electrons. The summed E-state index contributed by atoms with van der Waals surface area (Å²) in [4.78, 5) is 11.5. The molecule has 3 aromatic rings. The summed E-state index contributed by atoms with van der Waals surface area (Å²) >= 11 is 0. The summed E-state index contributed by atoms with van der Waals surface area (Å²) in [6.07, 6.45) is 0. The van der Waals surface area contributed by atoms with Crippen LogP contribution in [0.15, 0.2) is 60.7 Å². The number of aromatic nitrogens is 2. The SMILES string of the molecule is Cc1nn(-c2ccccc2)c(-c2ccccc2)c1C(=O)[O-]. The van der Waals surface area contributed by atoms with Gasteiger partial charge in [-0.25, -0.2) is 4.68 Å².